The van der Waals surface area contributed by atoms with Crippen molar-refractivity contribution in [2.75, 3.05) is 0 Å². The van der Waals surface area contributed by atoms with Gasteiger partial charge < -0.3 is 20.8 Å². The van der Waals surface area contributed by atoms with Crippen molar-refractivity contribution in [1.82, 2.24) is 10.6 Å². The molecule has 4 N–H and O–H groups in total. The second kappa shape index (κ2) is 9.41. The molecule has 0 aromatic heterocycles. The van der Waals surface area contributed by atoms with Crippen molar-refractivity contribution in [3.8, 4) is 0 Å². The Kier molecular flexibility index (Phi) is 7.43. The number of allylic oxidation sites excluding steroid dienone is 2. The lowest BCUT2D eigenvalue weighted by molar-refractivity contribution is -0.145. The molecule has 6 atom stereocenters. The number of fused-ring (bicyclic) bond motifs is 2. The van der Waals surface area contributed by atoms with E-state index in [1.165, 1.54) is 0 Å². The van der Waals surface area contributed by atoms with Crippen LogP contribution in [0.3, 0.4) is 0 Å². The smallest absolute Gasteiger partial charge is 0.326 e. The lowest BCUT2D eigenvalue weighted by Gasteiger charge is -2.29. The quantitative estimate of drug-likeness (QED) is 0.406. The van der Waals surface area contributed by atoms with Crippen LogP contribution < -0.4 is 10.6 Å². The summed E-state index contributed by atoms with van der Waals surface area (Å²) < 4.78 is 0. The van der Waals surface area contributed by atoms with Crippen LogP contribution >= 0.6 is 0 Å². The normalized spacial score (nSPS) is 27.1. The molecule has 0 radical (unpaired) electrons. The second-order valence-corrected chi connectivity index (χ2v) is 9.06. The summed E-state index contributed by atoms with van der Waals surface area (Å²) in [7, 11) is 0. The number of nitrogens with one attached hydrogen (secondary N) is 2. The molecule has 0 aromatic rings. The zero-order valence-corrected chi connectivity index (χ0v) is 17.4. The minimum absolute atomic E-state index is 0.0859. The van der Waals surface area contributed by atoms with Gasteiger partial charge in [-0.15, -0.1) is 0 Å². The van der Waals surface area contributed by atoms with Gasteiger partial charge in [0.1, 0.15) is 12.1 Å². The zero-order valence-electron chi connectivity index (χ0n) is 17.4. The van der Waals surface area contributed by atoms with Crippen LogP contribution in [0.4, 0.5) is 0 Å². The van der Waals surface area contributed by atoms with Crippen LogP contribution in [0, 0.1) is 35.5 Å². The molecule has 0 aliphatic heterocycles. The van der Waals surface area contributed by atoms with Crippen molar-refractivity contribution in [1.29, 1.82) is 0 Å². The van der Waals surface area contributed by atoms with Gasteiger partial charge in [-0.25, -0.2) is 9.59 Å². The number of carbonyl (C=O) groups excluding carboxylic acids is 2. The Bertz CT molecular complexity index is 631. The summed E-state index contributed by atoms with van der Waals surface area (Å²) in [6, 6.07) is -2.02. The third-order valence-corrected chi connectivity index (χ3v) is 5.71. The molecule has 0 aromatic carbocycles. The van der Waals surface area contributed by atoms with Gasteiger partial charge in [0.05, 0.1) is 11.8 Å². The summed E-state index contributed by atoms with van der Waals surface area (Å²) >= 11 is 0. The summed E-state index contributed by atoms with van der Waals surface area (Å²) in [5.74, 6) is -4.60. The maximum Gasteiger partial charge on any atom is 0.326 e. The van der Waals surface area contributed by atoms with E-state index in [1.807, 2.05) is 39.8 Å². The number of carboxylic acid groups (broad SMARTS) is 2. The Morgan fingerprint density at radius 1 is 0.793 bits per heavy atom. The molecule has 2 rings (SSSR count). The lowest BCUT2D eigenvalue weighted by Crippen LogP contribution is -2.51. The number of rotatable bonds is 10. The number of carbonyl (C=O) groups is 4. The van der Waals surface area contributed by atoms with Gasteiger partial charge in [-0.3, -0.25) is 9.59 Å². The van der Waals surface area contributed by atoms with Crippen molar-refractivity contribution in [3.63, 3.8) is 0 Å². The molecular weight excluding hydrogens is 376 g/mol. The first-order chi connectivity index (χ1) is 13.5. The Morgan fingerprint density at radius 2 is 1.14 bits per heavy atom. The van der Waals surface area contributed by atoms with Gasteiger partial charge in [0.15, 0.2) is 0 Å². The van der Waals surface area contributed by atoms with E-state index >= 15 is 0 Å². The molecule has 29 heavy (non-hydrogen) atoms. The molecule has 0 saturated heterocycles. The van der Waals surface area contributed by atoms with Crippen molar-refractivity contribution >= 4 is 23.8 Å². The van der Waals surface area contributed by atoms with Gasteiger partial charge in [0, 0.05) is 0 Å². The average Bonchev–Trinajstić information content (AvgIpc) is 3.20. The molecule has 2 amide bonds. The predicted octanol–water partition coefficient (Wildman–Crippen LogP) is 1.66. The number of hydrogen-bond acceptors (Lipinski definition) is 4. The zero-order chi connectivity index (χ0) is 21.9. The van der Waals surface area contributed by atoms with Gasteiger partial charge in [-0.05, 0) is 42.9 Å². The highest BCUT2D eigenvalue weighted by Gasteiger charge is 2.52. The predicted molar refractivity (Wildman–Crippen MR) is 106 cm³/mol. The van der Waals surface area contributed by atoms with E-state index in [-0.39, 0.29) is 23.7 Å². The largest absolute Gasteiger partial charge is 0.480 e. The monoisotopic (exact) mass is 408 g/mol. The van der Waals surface area contributed by atoms with Crippen LogP contribution in [0.1, 0.15) is 47.0 Å². The summed E-state index contributed by atoms with van der Waals surface area (Å²) in [4.78, 5) is 48.9. The average molecular weight is 408 g/mol. The van der Waals surface area contributed by atoms with Crippen molar-refractivity contribution in [3.05, 3.63) is 12.2 Å². The van der Waals surface area contributed by atoms with E-state index < -0.39 is 47.7 Å². The Hall–Kier alpha value is -2.38. The highest BCUT2D eigenvalue weighted by molar-refractivity contribution is 5.93. The number of hydrogen-bond donors (Lipinski definition) is 4. The maximum atomic E-state index is 12.9. The van der Waals surface area contributed by atoms with E-state index in [9.17, 15) is 29.4 Å². The summed E-state index contributed by atoms with van der Waals surface area (Å²) in [6.07, 6.45) is 5.04. The number of aliphatic carboxylic acids is 2. The van der Waals surface area contributed by atoms with Crippen LogP contribution in [-0.2, 0) is 19.2 Å². The first-order valence-corrected chi connectivity index (χ1v) is 10.3. The number of amides is 2. The molecule has 1 saturated carbocycles. The Balaban J connectivity index is 2.15. The molecule has 0 heterocycles. The van der Waals surface area contributed by atoms with Crippen molar-refractivity contribution < 1.29 is 29.4 Å². The minimum atomic E-state index is -1.10. The summed E-state index contributed by atoms with van der Waals surface area (Å²) in [6.45, 7) is 7.50. The van der Waals surface area contributed by atoms with Crippen LogP contribution in [0.5, 0.6) is 0 Å². The Labute approximate surface area is 171 Å². The topological polar surface area (TPSA) is 133 Å². The molecule has 2 aliphatic rings. The highest BCUT2D eigenvalue weighted by atomic mass is 16.4. The lowest BCUT2D eigenvalue weighted by atomic mass is 9.81. The van der Waals surface area contributed by atoms with Crippen LogP contribution in [0.15, 0.2) is 12.2 Å². The number of carboxylic acids is 2. The fraction of sp³-hybridized carbons (Fsp3) is 0.714. The van der Waals surface area contributed by atoms with E-state index in [0.29, 0.717) is 19.3 Å². The minimum Gasteiger partial charge on any atom is -0.480 e. The summed E-state index contributed by atoms with van der Waals surface area (Å²) in [5, 5.41) is 24.0. The summed E-state index contributed by atoms with van der Waals surface area (Å²) in [5.41, 5.74) is 0. The molecule has 2 aliphatic carbocycles. The van der Waals surface area contributed by atoms with Crippen LogP contribution in [0.25, 0.3) is 0 Å². The molecule has 162 valence electrons. The second-order valence-electron chi connectivity index (χ2n) is 9.06. The van der Waals surface area contributed by atoms with Gasteiger partial charge in [0.25, 0.3) is 0 Å². The van der Waals surface area contributed by atoms with Gasteiger partial charge in [-0.1, -0.05) is 39.8 Å². The van der Waals surface area contributed by atoms with E-state index in [4.69, 9.17) is 0 Å². The van der Waals surface area contributed by atoms with Crippen LogP contribution in [-0.4, -0.2) is 46.0 Å². The standard InChI is InChI=1S/C21H32N2O6/c1-10(2)7-14(20(26)27)22-18(24)16-12-5-6-13(9-12)17(16)19(25)23-15(21(28)29)8-11(3)4/h5-6,10-17H,7-9H2,1-4H3,(H,22,24)(H,23,25)(H,26,27)(H,28,29)/t12?,13?,14-,15-,16?,17?/m0/s1. The highest BCUT2D eigenvalue weighted by Crippen LogP contribution is 2.48. The molecule has 8 heteroatoms. The van der Waals surface area contributed by atoms with E-state index in [0.717, 1.165) is 0 Å². The van der Waals surface area contributed by atoms with E-state index in [1.54, 1.807) is 0 Å². The Morgan fingerprint density at radius 3 is 1.41 bits per heavy atom. The molecule has 4 unspecified atom stereocenters. The molecule has 2 bridgehead atoms. The first kappa shape index (κ1) is 22.9. The van der Waals surface area contributed by atoms with Gasteiger partial charge in [-0.2, -0.15) is 0 Å². The third-order valence-electron chi connectivity index (χ3n) is 5.71. The fourth-order valence-electron chi connectivity index (χ4n) is 4.46. The maximum absolute atomic E-state index is 12.9. The first-order valence-electron chi connectivity index (χ1n) is 10.3. The fourth-order valence-corrected chi connectivity index (χ4v) is 4.46. The molecule has 0 spiro atoms. The molecule has 1 fully saturated rings. The molecule has 8 nitrogen and oxygen atoms in total. The third kappa shape index (κ3) is 5.58. The van der Waals surface area contributed by atoms with Crippen LogP contribution in [0.2, 0.25) is 0 Å². The molecular formula is C21H32N2O6. The van der Waals surface area contributed by atoms with Gasteiger partial charge >= 0.3 is 11.9 Å². The SMILES string of the molecule is CC(C)C[C@H](NC(=O)C1C2C=CC(C2)C1C(=O)N[C@@H](CC(C)C)C(=O)O)C(=O)O. The van der Waals surface area contributed by atoms with Crippen molar-refractivity contribution in [2.24, 2.45) is 35.5 Å². The van der Waals surface area contributed by atoms with Gasteiger partial charge in [0.2, 0.25) is 11.8 Å². The van der Waals surface area contributed by atoms with Crippen molar-refractivity contribution in [2.45, 2.75) is 59.0 Å². The van der Waals surface area contributed by atoms with E-state index in [2.05, 4.69) is 10.6 Å².